The monoisotopic (exact) mass is 346 g/mol. The molecular weight excluding hydrogens is 332 g/mol. The van der Waals surface area contributed by atoms with Crippen LogP contribution in [0.1, 0.15) is 11.4 Å². The highest BCUT2D eigenvalue weighted by molar-refractivity contribution is 7.90. The summed E-state index contributed by atoms with van der Waals surface area (Å²) >= 11 is 1.51. The second-order valence-corrected chi connectivity index (χ2v) is 7.78. The molecule has 1 aromatic carbocycles. The zero-order valence-corrected chi connectivity index (χ0v) is 13.8. The Hall–Kier alpha value is -2.25. The molecule has 0 N–H and O–H groups in total. The molecule has 0 atom stereocenters. The van der Waals surface area contributed by atoms with Gasteiger partial charge in [-0.3, -0.25) is 0 Å². The number of aromatic nitrogens is 2. The summed E-state index contributed by atoms with van der Waals surface area (Å²) in [5.41, 5.74) is 1.76. The number of hydrogen-bond acceptors (Lipinski definition) is 6. The van der Waals surface area contributed by atoms with Crippen molar-refractivity contribution in [2.75, 3.05) is 5.75 Å². The Balaban J connectivity index is 1.64. The van der Waals surface area contributed by atoms with Crippen LogP contribution in [-0.4, -0.2) is 24.3 Å². The van der Waals surface area contributed by atoms with E-state index in [1.165, 1.54) is 11.3 Å². The summed E-state index contributed by atoms with van der Waals surface area (Å²) in [5.74, 6) is 0.222. The van der Waals surface area contributed by atoms with Crippen molar-refractivity contribution >= 4 is 27.3 Å². The molecular formula is C16H14N2O3S2. The van der Waals surface area contributed by atoms with Gasteiger partial charge in [0.05, 0.1) is 11.3 Å². The van der Waals surface area contributed by atoms with Crippen LogP contribution in [-0.2, 0) is 15.6 Å². The molecule has 0 saturated heterocycles. The van der Waals surface area contributed by atoms with Crippen molar-refractivity contribution in [3.05, 3.63) is 64.6 Å². The molecule has 0 spiro atoms. The van der Waals surface area contributed by atoms with Crippen LogP contribution in [0.5, 0.6) is 0 Å². The Bertz CT molecular complexity index is 883. The molecule has 3 aromatic rings. The third-order valence-corrected chi connectivity index (χ3v) is 5.13. The summed E-state index contributed by atoms with van der Waals surface area (Å²) in [6.45, 7) is 0. The van der Waals surface area contributed by atoms with Gasteiger partial charge in [0, 0.05) is 5.38 Å². The minimum absolute atomic E-state index is 0.0653. The Labute approximate surface area is 138 Å². The average Bonchev–Trinajstić information content (AvgIpc) is 3.18. The lowest BCUT2D eigenvalue weighted by atomic mass is 10.2. The zero-order valence-electron chi connectivity index (χ0n) is 12.1. The maximum atomic E-state index is 12.1. The largest absolute Gasteiger partial charge is 0.334 e. The maximum absolute atomic E-state index is 12.1. The summed E-state index contributed by atoms with van der Waals surface area (Å²) in [7, 11) is -3.33. The van der Waals surface area contributed by atoms with Crippen LogP contribution in [0.25, 0.3) is 17.5 Å². The minimum atomic E-state index is -3.33. The molecule has 0 amide bonds. The first-order valence-electron chi connectivity index (χ1n) is 6.89. The van der Waals surface area contributed by atoms with Gasteiger partial charge in [-0.05, 0) is 17.0 Å². The van der Waals surface area contributed by atoms with E-state index in [0.717, 1.165) is 11.1 Å². The highest BCUT2D eigenvalue weighted by atomic mass is 32.2. The summed E-state index contributed by atoms with van der Waals surface area (Å²) in [6, 6.07) is 11.4. The second-order valence-electron chi connectivity index (χ2n) is 4.90. The molecule has 0 saturated carbocycles. The topological polar surface area (TPSA) is 73.1 Å². The van der Waals surface area contributed by atoms with Gasteiger partial charge in [0.2, 0.25) is 0 Å². The molecule has 7 heteroatoms. The molecule has 0 aliphatic heterocycles. The maximum Gasteiger partial charge on any atom is 0.258 e. The lowest BCUT2D eigenvalue weighted by Crippen LogP contribution is -2.08. The van der Waals surface area contributed by atoms with Crippen molar-refractivity contribution in [1.29, 1.82) is 0 Å². The van der Waals surface area contributed by atoms with Crippen molar-refractivity contribution < 1.29 is 12.9 Å². The molecule has 0 aliphatic rings. The third-order valence-electron chi connectivity index (χ3n) is 3.05. The van der Waals surface area contributed by atoms with Crippen molar-refractivity contribution in [3.63, 3.8) is 0 Å². The molecule has 0 fully saturated rings. The Morgan fingerprint density at radius 2 is 2.00 bits per heavy atom. The minimum Gasteiger partial charge on any atom is -0.334 e. The van der Waals surface area contributed by atoms with E-state index in [1.54, 1.807) is 12.2 Å². The van der Waals surface area contributed by atoms with E-state index in [0.29, 0.717) is 5.89 Å². The van der Waals surface area contributed by atoms with Gasteiger partial charge in [-0.2, -0.15) is 16.3 Å². The van der Waals surface area contributed by atoms with Crippen LogP contribution in [0.3, 0.4) is 0 Å². The van der Waals surface area contributed by atoms with Gasteiger partial charge in [0.25, 0.3) is 5.89 Å². The first-order valence-corrected chi connectivity index (χ1v) is 9.66. The molecule has 3 rings (SSSR count). The lowest BCUT2D eigenvalue weighted by molar-refractivity contribution is 0.424. The van der Waals surface area contributed by atoms with E-state index in [9.17, 15) is 8.42 Å². The van der Waals surface area contributed by atoms with Crippen LogP contribution in [0.15, 0.2) is 57.8 Å². The standard InChI is InChI=1S/C16H14N2O3S2/c19-23(20,10-4-7-13-5-2-1-3-6-13)12-15-17-16(21-18-15)14-8-9-22-11-14/h1-9,11H,10,12H2/b7-4+. The Kier molecular flexibility index (Phi) is 4.68. The number of thiophene rings is 1. The van der Waals surface area contributed by atoms with Crippen LogP contribution in [0.4, 0.5) is 0 Å². The molecule has 2 aromatic heterocycles. The van der Waals surface area contributed by atoms with Crippen molar-refractivity contribution in [2.24, 2.45) is 0 Å². The average molecular weight is 346 g/mol. The molecule has 23 heavy (non-hydrogen) atoms. The molecule has 0 aliphatic carbocycles. The van der Waals surface area contributed by atoms with E-state index in [2.05, 4.69) is 10.1 Å². The molecule has 5 nitrogen and oxygen atoms in total. The van der Waals surface area contributed by atoms with E-state index >= 15 is 0 Å². The fraction of sp³-hybridized carbons (Fsp3) is 0.125. The summed E-state index contributed by atoms with van der Waals surface area (Å²) in [4.78, 5) is 4.13. The SMILES string of the molecule is O=S(=O)(C/C=C/c1ccccc1)Cc1noc(-c2ccsc2)n1. The van der Waals surface area contributed by atoms with E-state index < -0.39 is 9.84 Å². The van der Waals surface area contributed by atoms with Gasteiger partial charge in [-0.1, -0.05) is 47.6 Å². The number of nitrogens with zero attached hydrogens (tertiary/aromatic N) is 2. The van der Waals surface area contributed by atoms with Crippen LogP contribution < -0.4 is 0 Å². The quantitative estimate of drug-likeness (QED) is 0.684. The highest BCUT2D eigenvalue weighted by Gasteiger charge is 2.16. The fourth-order valence-corrected chi connectivity index (χ4v) is 3.61. The predicted molar refractivity (Wildman–Crippen MR) is 90.6 cm³/mol. The molecule has 0 radical (unpaired) electrons. The van der Waals surface area contributed by atoms with Crippen LogP contribution >= 0.6 is 11.3 Å². The summed E-state index contributed by atoms with van der Waals surface area (Å²) in [6.07, 6.45) is 3.41. The first-order chi connectivity index (χ1) is 11.1. The van der Waals surface area contributed by atoms with Crippen molar-refractivity contribution in [1.82, 2.24) is 10.1 Å². The van der Waals surface area contributed by atoms with E-state index in [4.69, 9.17) is 4.52 Å². The van der Waals surface area contributed by atoms with E-state index in [-0.39, 0.29) is 17.3 Å². The molecule has 2 heterocycles. The van der Waals surface area contributed by atoms with Gasteiger partial charge in [0.1, 0.15) is 5.75 Å². The van der Waals surface area contributed by atoms with Crippen molar-refractivity contribution in [2.45, 2.75) is 5.75 Å². The van der Waals surface area contributed by atoms with Gasteiger partial charge < -0.3 is 4.52 Å². The lowest BCUT2D eigenvalue weighted by Gasteiger charge is -1.96. The van der Waals surface area contributed by atoms with Gasteiger partial charge in [0.15, 0.2) is 15.7 Å². The van der Waals surface area contributed by atoms with E-state index in [1.807, 2.05) is 47.2 Å². The molecule has 0 bridgehead atoms. The zero-order chi connectivity index (χ0) is 16.1. The number of benzene rings is 1. The number of hydrogen-bond donors (Lipinski definition) is 0. The van der Waals surface area contributed by atoms with Crippen LogP contribution in [0, 0.1) is 0 Å². The first kappa shape index (κ1) is 15.6. The Morgan fingerprint density at radius 1 is 1.17 bits per heavy atom. The normalized spacial score (nSPS) is 12.0. The molecule has 118 valence electrons. The van der Waals surface area contributed by atoms with Gasteiger partial charge in [-0.25, -0.2) is 8.42 Å². The fourth-order valence-electron chi connectivity index (χ4n) is 1.97. The second kappa shape index (κ2) is 6.89. The predicted octanol–water partition coefficient (Wildman–Crippen LogP) is 3.43. The summed E-state index contributed by atoms with van der Waals surface area (Å²) in [5, 5.41) is 7.50. The third kappa shape index (κ3) is 4.37. The molecule has 0 unspecified atom stereocenters. The van der Waals surface area contributed by atoms with Crippen molar-refractivity contribution in [3.8, 4) is 11.5 Å². The highest BCUT2D eigenvalue weighted by Crippen LogP contribution is 2.20. The van der Waals surface area contributed by atoms with Gasteiger partial charge >= 0.3 is 0 Å². The summed E-state index contributed by atoms with van der Waals surface area (Å²) < 4.78 is 29.3. The smallest absolute Gasteiger partial charge is 0.258 e. The number of rotatable bonds is 6. The number of sulfone groups is 1. The van der Waals surface area contributed by atoms with Crippen LogP contribution in [0.2, 0.25) is 0 Å². The Morgan fingerprint density at radius 3 is 2.74 bits per heavy atom. The van der Waals surface area contributed by atoms with Gasteiger partial charge in [-0.15, -0.1) is 0 Å².